The van der Waals surface area contributed by atoms with Crippen molar-refractivity contribution in [1.29, 1.82) is 0 Å². The summed E-state index contributed by atoms with van der Waals surface area (Å²) in [6, 6.07) is 14.8. The van der Waals surface area contributed by atoms with Gasteiger partial charge in [-0.1, -0.05) is 43.2 Å². The number of rotatable bonds is 7. The zero-order valence-electron chi connectivity index (χ0n) is 17.9. The Labute approximate surface area is 179 Å². The SMILES string of the molecule is Cc1ccc(OC[C@H]2C[C@@H](C(=O)NC3CCCC3)CN(Cc3ccccc3)C2)cn1. The predicted molar refractivity (Wildman–Crippen MR) is 118 cm³/mol. The van der Waals surface area contributed by atoms with Gasteiger partial charge in [0.15, 0.2) is 0 Å². The highest BCUT2D eigenvalue weighted by molar-refractivity contribution is 5.79. The predicted octanol–water partition coefficient (Wildman–Crippen LogP) is 3.97. The average Bonchev–Trinajstić information content (AvgIpc) is 3.27. The van der Waals surface area contributed by atoms with Gasteiger partial charge < -0.3 is 10.1 Å². The topological polar surface area (TPSA) is 54.5 Å². The molecular weight excluding hydrogens is 374 g/mol. The molecule has 1 saturated heterocycles. The maximum atomic E-state index is 13.0. The van der Waals surface area contributed by atoms with E-state index in [1.54, 1.807) is 6.20 Å². The number of pyridine rings is 1. The maximum Gasteiger partial charge on any atom is 0.224 e. The van der Waals surface area contributed by atoms with Gasteiger partial charge in [0, 0.05) is 37.3 Å². The zero-order chi connectivity index (χ0) is 20.8. The highest BCUT2D eigenvalue weighted by Gasteiger charge is 2.33. The lowest BCUT2D eigenvalue weighted by molar-refractivity contribution is -0.128. The van der Waals surface area contributed by atoms with Gasteiger partial charge in [-0.15, -0.1) is 0 Å². The first kappa shape index (κ1) is 20.9. The Kier molecular flexibility index (Phi) is 7.00. The van der Waals surface area contributed by atoms with Crippen LogP contribution in [-0.4, -0.2) is 41.5 Å². The summed E-state index contributed by atoms with van der Waals surface area (Å²) in [5.41, 5.74) is 2.27. The molecule has 30 heavy (non-hydrogen) atoms. The Bertz CT molecular complexity index is 803. The molecule has 5 heteroatoms. The number of ether oxygens (including phenoxy) is 1. The van der Waals surface area contributed by atoms with E-state index in [1.165, 1.54) is 18.4 Å². The van der Waals surface area contributed by atoms with E-state index in [9.17, 15) is 4.79 Å². The molecule has 160 valence electrons. The Morgan fingerprint density at radius 2 is 1.93 bits per heavy atom. The highest BCUT2D eigenvalue weighted by Crippen LogP contribution is 2.26. The van der Waals surface area contributed by atoms with Gasteiger partial charge in [-0.25, -0.2) is 0 Å². The standard InChI is InChI=1S/C25H33N3O2/c1-19-11-12-24(14-26-19)30-18-21-13-22(25(29)27-23-9-5-6-10-23)17-28(16-21)15-20-7-3-2-4-8-20/h2-4,7-8,11-12,14,21-23H,5-6,9-10,13,15-18H2,1H3,(H,27,29)/t21-,22+/m0/s1. The first-order chi connectivity index (χ1) is 14.7. The molecule has 0 bridgehead atoms. The normalized spacial score (nSPS) is 22.7. The molecule has 1 aromatic carbocycles. The van der Waals surface area contributed by atoms with Crippen LogP contribution in [0, 0.1) is 18.8 Å². The smallest absolute Gasteiger partial charge is 0.224 e. The maximum absolute atomic E-state index is 13.0. The van der Waals surface area contributed by atoms with Gasteiger partial charge in [0.1, 0.15) is 5.75 Å². The first-order valence-corrected chi connectivity index (χ1v) is 11.3. The van der Waals surface area contributed by atoms with E-state index in [-0.39, 0.29) is 11.8 Å². The number of hydrogen-bond donors (Lipinski definition) is 1. The third kappa shape index (κ3) is 5.82. The summed E-state index contributed by atoms with van der Waals surface area (Å²) in [4.78, 5) is 19.8. The number of likely N-dealkylation sites (tertiary alicyclic amines) is 1. The minimum Gasteiger partial charge on any atom is -0.492 e. The van der Waals surface area contributed by atoms with Crippen molar-refractivity contribution in [2.24, 2.45) is 11.8 Å². The summed E-state index contributed by atoms with van der Waals surface area (Å²) >= 11 is 0. The lowest BCUT2D eigenvalue weighted by Gasteiger charge is -2.37. The number of carbonyl (C=O) groups excluding carboxylic acids is 1. The van der Waals surface area contributed by atoms with Crippen molar-refractivity contribution >= 4 is 5.91 Å². The quantitative estimate of drug-likeness (QED) is 0.755. The summed E-state index contributed by atoms with van der Waals surface area (Å²) in [6.07, 6.45) is 7.37. The number of amides is 1. The molecule has 1 saturated carbocycles. The second kappa shape index (κ2) is 10.1. The molecule has 0 spiro atoms. The van der Waals surface area contributed by atoms with E-state index in [4.69, 9.17) is 4.74 Å². The van der Waals surface area contributed by atoms with E-state index in [1.807, 2.05) is 25.1 Å². The summed E-state index contributed by atoms with van der Waals surface area (Å²) in [7, 11) is 0. The van der Waals surface area contributed by atoms with Gasteiger partial charge in [0.25, 0.3) is 0 Å². The van der Waals surface area contributed by atoms with Crippen LogP contribution in [0.3, 0.4) is 0 Å². The molecule has 1 N–H and O–H groups in total. The third-order valence-corrected chi connectivity index (χ3v) is 6.30. The molecule has 4 rings (SSSR count). The van der Waals surface area contributed by atoms with E-state index in [0.29, 0.717) is 18.6 Å². The minimum absolute atomic E-state index is 0.0211. The number of carbonyl (C=O) groups is 1. The molecule has 2 heterocycles. The molecule has 1 amide bonds. The molecule has 0 unspecified atom stereocenters. The zero-order valence-corrected chi connectivity index (χ0v) is 17.9. The van der Waals surface area contributed by atoms with Gasteiger partial charge in [0.05, 0.1) is 18.7 Å². The van der Waals surface area contributed by atoms with Crippen LogP contribution >= 0.6 is 0 Å². The molecular formula is C25H33N3O2. The monoisotopic (exact) mass is 407 g/mol. The molecule has 2 aliphatic rings. The average molecular weight is 408 g/mol. The number of nitrogens with one attached hydrogen (secondary N) is 1. The summed E-state index contributed by atoms with van der Waals surface area (Å²) in [5.74, 6) is 1.37. The van der Waals surface area contributed by atoms with E-state index < -0.39 is 0 Å². The summed E-state index contributed by atoms with van der Waals surface area (Å²) < 4.78 is 6.04. The molecule has 5 nitrogen and oxygen atoms in total. The Morgan fingerprint density at radius 1 is 1.13 bits per heavy atom. The van der Waals surface area contributed by atoms with Crippen LogP contribution in [0.2, 0.25) is 0 Å². The van der Waals surface area contributed by atoms with Crippen molar-refractivity contribution in [3.8, 4) is 5.75 Å². The molecule has 0 radical (unpaired) electrons. The van der Waals surface area contributed by atoms with Crippen LogP contribution in [0.15, 0.2) is 48.7 Å². The Balaban J connectivity index is 1.40. The summed E-state index contributed by atoms with van der Waals surface area (Å²) in [6.45, 7) is 5.22. The lowest BCUT2D eigenvalue weighted by Crippen LogP contribution is -2.48. The van der Waals surface area contributed by atoms with Crippen LogP contribution in [0.5, 0.6) is 5.75 Å². The van der Waals surface area contributed by atoms with Crippen LogP contribution in [-0.2, 0) is 11.3 Å². The van der Waals surface area contributed by atoms with Crippen LogP contribution in [0.4, 0.5) is 0 Å². The van der Waals surface area contributed by atoms with Gasteiger partial charge in [-0.3, -0.25) is 14.7 Å². The molecule has 2 atom stereocenters. The Morgan fingerprint density at radius 3 is 2.67 bits per heavy atom. The Hall–Kier alpha value is -2.40. The molecule has 1 aliphatic carbocycles. The number of aromatic nitrogens is 1. The largest absolute Gasteiger partial charge is 0.492 e. The fraction of sp³-hybridized carbons (Fsp3) is 0.520. The number of benzene rings is 1. The lowest BCUT2D eigenvalue weighted by atomic mass is 9.88. The fourth-order valence-electron chi connectivity index (χ4n) is 4.73. The van der Waals surface area contributed by atoms with Crippen molar-refractivity contribution in [3.05, 3.63) is 59.9 Å². The number of aryl methyl sites for hydroxylation is 1. The van der Waals surface area contributed by atoms with Gasteiger partial charge >= 0.3 is 0 Å². The first-order valence-electron chi connectivity index (χ1n) is 11.3. The van der Waals surface area contributed by atoms with E-state index >= 15 is 0 Å². The van der Waals surface area contributed by atoms with Crippen LogP contribution in [0.25, 0.3) is 0 Å². The van der Waals surface area contributed by atoms with Gasteiger partial charge in [-0.2, -0.15) is 0 Å². The number of piperidine rings is 1. The van der Waals surface area contributed by atoms with Crippen molar-refractivity contribution in [1.82, 2.24) is 15.2 Å². The molecule has 2 aromatic rings. The second-order valence-corrected chi connectivity index (χ2v) is 8.91. The van der Waals surface area contributed by atoms with E-state index in [2.05, 4.69) is 39.5 Å². The number of nitrogens with zero attached hydrogens (tertiary/aromatic N) is 2. The second-order valence-electron chi connectivity index (χ2n) is 8.91. The van der Waals surface area contributed by atoms with Crippen molar-refractivity contribution in [3.63, 3.8) is 0 Å². The minimum atomic E-state index is 0.0211. The van der Waals surface area contributed by atoms with Crippen molar-refractivity contribution < 1.29 is 9.53 Å². The number of hydrogen-bond acceptors (Lipinski definition) is 4. The van der Waals surface area contributed by atoms with Crippen LogP contribution < -0.4 is 10.1 Å². The molecule has 1 aromatic heterocycles. The van der Waals surface area contributed by atoms with Crippen molar-refractivity contribution in [2.75, 3.05) is 19.7 Å². The van der Waals surface area contributed by atoms with Crippen LogP contribution in [0.1, 0.15) is 43.4 Å². The summed E-state index contributed by atoms with van der Waals surface area (Å²) in [5, 5.41) is 3.32. The fourth-order valence-corrected chi connectivity index (χ4v) is 4.73. The molecule has 2 fully saturated rings. The highest BCUT2D eigenvalue weighted by atomic mass is 16.5. The third-order valence-electron chi connectivity index (χ3n) is 6.30. The van der Waals surface area contributed by atoms with E-state index in [0.717, 1.165) is 50.3 Å². The van der Waals surface area contributed by atoms with Gasteiger partial charge in [0.2, 0.25) is 5.91 Å². The molecule has 1 aliphatic heterocycles. The van der Waals surface area contributed by atoms with Crippen molar-refractivity contribution in [2.45, 2.75) is 51.6 Å². The van der Waals surface area contributed by atoms with Gasteiger partial charge in [-0.05, 0) is 43.9 Å².